The smallest absolute Gasteiger partial charge is 0.337 e. The molecule has 37 heavy (non-hydrogen) atoms. The average molecular weight is 510 g/mol. The molecule has 0 saturated heterocycles. The first-order valence-electron chi connectivity index (χ1n) is 11.5. The molecule has 2 atom stereocenters. The number of amides is 2. The summed E-state index contributed by atoms with van der Waals surface area (Å²) < 4.78 is 16.3. The number of nitrogens with zero attached hydrogens (tertiary/aromatic N) is 2. The summed E-state index contributed by atoms with van der Waals surface area (Å²) in [6.45, 7) is 3.48. The average Bonchev–Trinajstić information content (AvgIpc) is 3.20. The van der Waals surface area contributed by atoms with E-state index in [4.69, 9.17) is 14.2 Å². The lowest BCUT2D eigenvalue weighted by Gasteiger charge is -2.28. The number of esters is 1. The number of benzene rings is 2. The van der Waals surface area contributed by atoms with Gasteiger partial charge in [-0.15, -0.1) is 5.11 Å². The lowest BCUT2D eigenvalue weighted by atomic mass is 9.95. The maximum absolute atomic E-state index is 12.4. The standard InChI is InChI=1S/C25H27N5O7/c1-4-36-18-11-14(21-20(24(33)35-3)13(2)26-25(34)28-21)9-10-17(18)37-12-19(31)29-30-22-15-7-5-6-8-16(15)27-23(22)32/h5-11,19,21,27,31-32H,4,12H2,1-3H3,(H2,26,28,34)/t19-,21+/m0/s1. The summed E-state index contributed by atoms with van der Waals surface area (Å²) >= 11 is 0. The van der Waals surface area contributed by atoms with Crippen molar-refractivity contribution in [1.29, 1.82) is 0 Å². The number of fused-ring (bicyclic) bond motifs is 1. The van der Waals surface area contributed by atoms with Crippen LogP contribution in [-0.4, -0.2) is 53.7 Å². The van der Waals surface area contributed by atoms with Gasteiger partial charge in [0, 0.05) is 11.1 Å². The molecule has 1 aliphatic heterocycles. The molecule has 4 rings (SSSR count). The lowest BCUT2D eigenvalue weighted by Crippen LogP contribution is -2.45. The van der Waals surface area contributed by atoms with Crippen LogP contribution in [-0.2, 0) is 9.53 Å². The summed E-state index contributed by atoms with van der Waals surface area (Å²) in [5.41, 5.74) is 2.11. The Morgan fingerprint density at radius 3 is 2.70 bits per heavy atom. The molecule has 0 fully saturated rings. The van der Waals surface area contributed by atoms with E-state index in [2.05, 4.69) is 25.8 Å². The number of urea groups is 1. The molecule has 5 N–H and O–H groups in total. The minimum atomic E-state index is -1.33. The van der Waals surface area contributed by atoms with E-state index in [0.29, 0.717) is 40.3 Å². The van der Waals surface area contributed by atoms with E-state index < -0.39 is 24.3 Å². The number of aliphatic hydroxyl groups excluding tert-OH is 1. The number of rotatable bonds is 9. The summed E-state index contributed by atoms with van der Waals surface area (Å²) in [7, 11) is 1.27. The molecule has 0 unspecified atom stereocenters. The van der Waals surface area contributed by atoms with E-state index in [1.807, 2.05) is 6.07 Å². The number of aromatic amines is 1. The lowest BCUT2D eigenvalue weighted by molar-refractivity contribution is -0.136. The largest absolute Gasteiger partial charge is 0.493 e. The van der Waals surface area contributed by atoms with Gasteiger partial charge in [0.15, 0.2) is 17.2 Å². The van der Waals surface area contributed by atoms with E-state index >= 15 is 0 Å². The Morgan fingerprint density at radius 2 is 1.95 bits per heavy atom. The number of carbonyl (C=O) groups is 2. The topological polar surface area (TPSA) is 167 Å². The molecule has 0 bridgehead atoms. The van der Waals surface area contributed by atoms with Crippen molar-refractivity contribution >= 4 is 28.6 Å². The molecule has 194 valence electrons. The predicted molar refractivity (Wildman–Crippen MR) is 133 cm³/mol. The van der Waals surface area contributed by atoms with Gasteiger partial charge in [-0.3, -0.25) is 0 Å². The third kappa shape index (κ3) is 5.48. The van der Waals surface area contributed by atoms with Crippen molar-refractivity contribution in [1.82, 2.24) is 15.6 Å². The van der Waals surface area contributed by atoms with E-state index in [1.54, 1.807) is 50.2 Å². The van der Waals surface area contributed by atoms with E-state index in [9.17, 15) is 19.8 Å². The van der Waals surface area contributed by atoms with Gasteiger partial charge in [-0.05, 0) is 37.6 Å². The highest BCUT2D eigenvalue weighted by Gasteiger charge is 2.32. The fourth-order valence-electron chi connectivity index (χ4n) is 3.95. The van der Waals surface area contributed by atoms with Crippen LogP contribution in [0.4, 0.5) is 10.5 Å². The quantitative estimate of drug-likeness (QED) is 0.217. The van der Waals surface area contributed by atoms with Crippen molar-refractivity contribution in [3.63, 3.8) is 0 Å². The van der Waals surface area contributed by atoms with Crippen molar-refractivity contribution in [2.24, 2.45) is 10.2 Å². The van der Waals surface area contributed by atoms with Gasteiger partial charge in [-0.1, -0.05) is 24.3 Å². The van der Waals surface area contributed by atoms with Gasteiger partial charge >= 0.3 is 12.0 Å². The molecule has 1 aliphatic rings. The van der Waals surface area contributed by atoms with Gasteiger partial charge in [-0.2, -0.15) is 5.11 Å². The molecule has 0 radical (unpaired) electrons. The number of H-pyrrole nitrogens is 1. The van der Waals surface area contributed by atoms with Crippen LogP contribution >= 0.6 is 0 Å². The van der Waals surface area contributed by atoms with Crippen LogP contribution in [0.1, 0.15) is 25.5 Å². The van der Waals surface area contributed by atoms with Crippen molar-refractivity contribution in [2.75, 3.05) is 20.3 Å². The first-order valence-corrected chi connectivity index (χ1v) is 11.5. The Hall–Kier alpha value is -4.58. The number of aromatic hydroxyl groups is 1. The normalized spacial score (nSPS) is 16.4. The number of hydrogen-bond acceptors (Lipinski definition) is 9. The molecule has 3 aromatic rings. The first-order chi connectivity index (χ1) is 17.8. The van der Waals surface area contributed by atoms with Crippen molar-refractivity contribution < 1.29 is 34.0 Å². The number of azo groups is 1. The summed E-state index contributed by atoms with van der Waals surface area (Å²) in [5.74, 6) is -0.0839. The summed E-state index contributed by atoms with van der Waals surface area (Å²) in [6.07, 6.45) is -1.33. The van der Waals surface area contributed by atoms with Crippen LogP contribution in [0.15, 0.2) is 64.0 Å². The Bertz CT molecular complexity index is 1380. The summed E-state index contributed by atoms with van der Waals surface area (Å²) in [4.78, 5) is 27.2. The maximum Gasteiger partial charge on any atom is 0.337 e. The van der Waals surface area contributed by atoms with Gasteiger partial charge in [0.05, 0.1) is 30.8 Å². The number of carbonyl (C=O) groups excluding carboxylic acids is 2. The SMILES string of the molecule is CCOc1cc([C@H]2NC(=O)NC(C)=C2C(=O)OC)ccc1OC[C@H](O)N=Nc1c(O)[nH]c2ccccc12. The second-order valence-corrected chi connectivity index (χ2v) is 8.08. The van der Waals surface area contributed by atoms with Crippen LogP contribution in [0.2, 0.25) is 0 Å². The zero-order chi connectivity index (χ0) is 26.5. The van der Waals surface area contributed by atoms with Crippen molar-refractivity contribution in [3.8, 4) is 17.4 Å². The Balaban J connectivity index is 1.51. The number of aromatic nitrogens is 1. The number of para-hydroxylation sites is 1. The van der Waals surface area contributed by atoms with Crippen LogP contribution in [0, 0.1) is 0 Å². The van der Waals surface area contributed by atoms with Crippen LogP contribution in [0.25, 0.3) is 10.9 Å². The van der Waals surface area contributed by atoms with Crippen LogP contribution in [0.3, 0.4) is 0 Å². The van der Waals surface area contributed by atoms with Gasteiger partial charge in [0.25, 0.3) is 0 Å². The highest BCUT2D eigenvalue weighted by molar-refractivity contribution is 5.95. The third-order valence-electron chi connectivity index (χ3n) is 5.61. The zero-order valence-electron chi connectivity index (χ0n) is 20.4. The minimum Gasteiger partial charge on any atom is -0.493 e. The molecule has 2 heterocycles. The number of allylic oxidation sites excluding steroid dienone is 1. The number of nitrogens with one attached hydrogen (secondary N) is 3. The second-order valence-electron chi connectivity index (χ2n) is 8.08. The Morgan fingerprint density at radius 1 is 1.16 bits per heavy atom. The van der Waals surface area contributed by atoms with E-state index in [1.165, 1.54) is 7.11 Å². The third-order valence-corrected chi connectivity index (χ3v) is 5.61. The predicted octanol–water partition coefficient (Wildman–Crippen LogP) is 3.55. The fourth-order valence-corrected chi connectivity index (χ4v) is 3.95. The van der Waals surface area contributed by atoms with Gasteiger partial charge < -0.3 is 40.0 Å². The number of aliphatic hydroxyl groups is 1. The summed E-state index contributed by atoms with van der Waals surface area (Å²) in [5, 5.41) is 34.1. The van der Waals surface area contributed by atoms with Gasteiger partial charge in [-0.25, -0.2) is 9.59 Å². The number of methoxy groups -OCH3 is 1. The molecular weight excluding hydrogens is 482 g/mol. The van der Waals surface area contributed by atoms with Crippen molar-refractivity contribution in [2.45, 2.75) is 26.1 Å². The first kappa shape index (κ1) is 25.5. The Kier molecular flexibility index (Phi) is 7.58. The summed E-state index contributed by atoms with van der Waals surface area (Å²) in [6, 6.07) is 10.9. The molecule has 12 nitrogen and oxygen atoms in total. The Labute approximate surface area is 211 Å². The second kappa shape index (κ2) is 11.0. The highest BCUT2D eigenvalue weighted by atomic mass is 16.5. The molecule has 1 aromatic heterocycles. The monoisotopic (exact) mass is 509 g/mol. The fraction of sp³-hybridized carbons (Fsp3) is 0.280. The molecule has 0 spiro atoms. The van der Waals surface area contributed by atoms with Gasteiger partial charge in [0.2, 0.25) is 12.1 Å². The maximum atomic E-state index is 12.4. The highest BCUT2D eigenvalue weighted by Crippen LogP contribution is 2.36. The molecular formula is C25H27N5O7. The molecule has 2 amide bonds. The van der Waals surface area contributed by atoms with Crippen LogP contribution < -0.4 is 20.1 Å². The number of ether oxygens (including phenoxy) is 3. The van der Waals surface area contributed by atoms with E-state index in [-0.39, 0.29) is 23.7 Å². The van der Waals surface area contributed by atoms with Crippen LogP contribution in [0.5, 0.6) is 17.4 Å². The molecule has 2 aromatic carbocycles. The molecule has 0 saturated carbocycles. The minimum absolute atomic E-state index is 0.159. The van der Waals surface area contributed by atoms with Gasteiger partial charge in [0.1, 0.15) is 6.61 Å². The zero-order valence-corrected chi connectivity index (χ0v) is 20.4. The van der Waals surface area contributed by atoms with E-state index in [0.717, 1.165) is 0 Å². The molecule has 12 heteroatoms. The number of hydrogen-bond donors (Lipinski definition) is 5. The molecule has 0 aliphatic carbocycles. The van der Waals surface area contributed by atoms with Crippen molar-refractivity contribution in [3.05, 3.63) is 59.3 Å².